The average Bonchev–Trinajstić information content (AvgIpc) is 2.52. The van der Waals surface area contributed by atoms with Gasteiger partial charge in [-0.3, -0.25) is 4.79 Å². The van der Waals surface area contributed by atoms with Crippen LogP contribution in [0.1, 0.15) is 15.9 Å². The van der Waals surface area contributed by atoms with Crippen LogP contribution in [-0.4, -0.2) is 24.8 Å². The van der Waals surface area contributed by atoms with Gasteiger partial charge < -0.3 is 9.64 Å². The summed E-state index contributed by atoms with van der Waals surface area (Å²) in [6, 6.07) is 15.3. The molecule has 0 aromatic heterocycles. The van der Waals surface area contributed by atoms with Gasteiger partial charge in [0.05, 0.1) is 4.47 Å². The van der Waals surface area contributed by atoms with Crippen LogP contribution in [0.2, 0.25) is 0 Å². The molecule has 22 heavy (non-hydrogen) atoms. The summed E-state index contributed by atoms with van der Waals surface area (Å²) in [5.74, 6) is 0.681. The Morgan fingerprint density at radius 3 is 2.55 bits per heavy atom. The molecule has 0 saturated carbocycles. The van der Waals surface area contributed by atoms with Crippen LogP contribution in [0.3, 0.4) is 0 Å². The van der Waals surface area contributed by atoms with E-state index in [2.05, 4.69) is 15.9 Å². The third-order valence-corrected chi connectivity index (χ3v) is 3.60. The predicted molar refractivity (Wildman–Crippen MR) is 92.1 cm³/mol. The maximum Gasteiger partial charge on any atom is 0.187 e. The summed E-state index contributed by atoms with van der Waals surface area (Å²) < 4.78 is 6.54. The van der Waals surface area contributed by atoms with Crippen molar-refractivity contribution in [2.45, 2.75) is 6.61 Å². The second-order valence-corrected chi connectivity index (χ2v) is 5.92. The van der Waals surface area contributed by atoms with Gasteiger partial charge in [-0.05, 0) is 39.7 Å². The summed E-state index contributed by atoms with van der Waals surface area (Å²) in [5.41, 5.74) is 1.72. The van der Waals surface area contributed by atoms with Crippen molar-refractivity contribution in [3.63, 3.8) is 0 Å². The third-order valence-electron chi connectivity index (χ3n) is 2.98. The first-order valence-corrected chi connectivity index (χ1v) is 7.71. The van der Waals surface area contributed by atoms with Gasteiger partial charge in [0, 0.05) is 31.9 Å². The molecule has 0 aliphatic carbocycles. The molecule has 0 unspecified atom stereocenters. The smallest absolute Gasteiger partial charge is 0.187 e. The minimum Gasteiger partial charge on any atom is -0.488 e. The fourth-order valence-electron chi connectivity index (χ4n) is 1.82. The van der Waals surface area contributed by atoms with Crippen molar-refractivity contribution in [2.75, 3.05) is 14.1 Å². The number of hydrogen-bond donors (Lipinski definition) is 0. The quantitative estimate of drug-likeness (QED) is 0.569. The molecule has 0 amide bonds. The van der Waals surface area contributed by atoms with Gasteiger partial charge >= 0.3 is 0 Å². The van der Waals surface area contributed by atoms with Gasteiger partial charge in [-0.25, -0.2) is 0 Å². The van der Waals surface area contributed by atoms with Crippen molar-refractivity contribution >= 4 is 21.7 Å². The van der Waals surface area contributed by atoms with E-state index in [1.54, 1.807) is 24.4 Å². The van der Waals surface area contributed by atoms with Gasteiger partial charge in [0.1, 0.15) is 12.4 Å². The number of nitrogens with zero attached hydrogens (tertiary/aromatic N) is 1. The minimum absolute atomic E-state index is 0.0380. The lowest BCUT2D eigenvalue weighted by molar-refractivity contribution is 0.104. The Bertz CT molecular complexity index is 666. The summed E-state index contributed by atoms with van der Waals surface area (Å²) in [7, 11) is 3.75. The van der Waals surface area contributed by atoms with E-state index in [1.165, 1.54) is 0 Å². The molecule has 2 aromatic rings. The Morgan fingerprint density at radius 1 is 1.18 bits per heavy atom. The van der Waals surface area contributed by atoms with E-state index in [0.29, 0.717) is 12.2 Å². The predicted octanol–water partition coefficient (Wildman–Crippen LogP) is 4.29. The highest BCUT2D eigenvalue weighted by molar-refractivity contribution is 9.10. The molecule has 0 fully saturated rings. The van der Waals surface area contributed by atoms with Crippen LogP contribution >= 0.6 is 15.9 Å². The molecule has 0 aliphatic rings. The van der Waals surface area contributed by atoms with Crippen molar-refractivity contribution in [1.82, 2.24) is 4.90 Å². The zero-order chi connectivity index (χ0) is 15.9. The summed E-state index contributed by atoms with van der Waals surface area (Å²) in [6.45, 7) is 0.493. The first-order chi connectivity index (χ1) is 10.6. The van der Waals surface area contributed by atoms with Crippen LogP contribution in [0.15, 0.2) is 65.3 Å². The number of allylic oxidation sites excluding steroid dienone is 1. The molecule has 0 atom stereocenters. The number of rotatable bonds is 6. The molecule has 0 aliphatic heterocycles. The Labute approximate surface area is 139 Å². The molecule has 0 saturated heterocycles. The van der Waals surface area contributed by atoms with E-state index >= 15 is 0 Å². The number of carbonyl (C=O) groups excluding carboxylic acids is 1. The van der Waals surface area contributed by atoms with Gasteiger partial charge in [0.15, 0.2) is 5.78 Å². The standard InChI is InChI=1S/C18H18BrNO2/c1-20(2)11-10-17(21)15-8-9-18(16(19)12-15)22-13-14-6-4-3-5-7-14/h3-12H,13H2,1-2H3/b11-10+. The lowest BCUT2D eigenvalue weighted by Crippen LogP contribution is -2.03. The van der Waals surface area contributed by atoms with Crippen molar-refractivity contribution < 1.29 is 9.53 Å². The molecule has 114 valence electrons. The number of benzene rings is 2. The molecule has 0 N–H and O–H groups in total. The minimum atomic E-state index is -0.0380. The Kier molecular flexibility index (Phi) is 5.78. The fourth-order valence-corrected chi connectivity index (χ4v) is 2.31. The second kappa shape index (κ2) is 7.80. The molecule has 0 heterocycles. The molecule has 0 spiro atoms. The zero-order valence-corrected chi connectivity index (χ0v) is 14.2. The summed E-state index contributed by atoms with van der Waals surface area (Å²) >= 11 is 3.46. The molecule has 4 heteroatoms. The van der Waals surface area contributed by atoms with Gasteiger partial charge in [0.2, 0.25) is 0 Å². The summed E-state index contributed by atoms with van der Waals surface area (Å²) in [4.78, 5) is 13.8. The highest BCUT2D eigenvalue weighted by Crippen LogP contribution is 2.27. The number of carbonyl (C=O) groups is 1. The van der Waals surface area contributed by atoms with E-state index in [4.69, 9.17) is 4.74 Å². The van der Waals surface area contributed by atoms with E-state index in [0.717, 1.165) is 15.8 Å². The normalized spacial score (nSPS) is 10.7. The fraction of sp³-hybridized carbons (Fsp3) is 0.167. The Hall–Kier alpha value is -2.07. The topological polar surface area (TPSA) is 29.5 Å². The largest absolute Gasteiger partial charge is 0.488 e. The maximum absolute atomic E-state index is 12.0. The van der Waals surface area contributed by atoms with Crippen molar-refractivity contribution in [2.24, 2.45) is 0 Å². The second-order valence-electron chi connectivity index (χ2n) is 5.06. The molecular formula is C18H18BrNO2. The molecular weight excluding hydrogens is 342 g/mol. The SMILES string of the molecule is CN(C)/C=C/C(=O)c1ccc(OCc2ccccc2)c(Br)c1. The van der Waals surface area contributed by atoms with E-state index in [-0.39, 0.29) is 5.78 Å². The van der Waals surface area contributed by atoms with Crippen LogP contribution in [0.5, 0.6) is 5.75 Å². The highest BCUT2D eigenvalue weighted by Gasteiger charge is 2.07. The lowest BCUT2D eigenvalue weighted by Gasteiger charge is -2.09. The maximum atomic E-state index is 12.0. The van der Waals surface area contributed by atoms with Crippen LogP contribution in [0.4, 0.5) is 0 Å². The Morgan fingerprint density at radius 2 is 1.91 bits per heavy atom. The molecule has 0 bridgehead atoms. The average molecular weight is 360 g/mol. The van der Waals surface area contributed by atoms with E-state index in [9.17, 15) is 4.79 Å². The first kappa shape index (κ1) is 16.3. The number of ketones is 1. The van der Waals surface area contributed by atoms with Gasteiger partial charge in [-0.1, -0.05) is 30.3 Å². The van der Waals surface area contributed by atoms with E-state index < -0.39 is 0 Å². The number of hydrogen-bond acceptors (Lipinski definition) is 3. The van der Waals surface area contributed by atoms with Gasteiger partial charge in [-0.2, -0.15) is 0 Å². The van der Waals surface area contributed by atoms with E-state index in [1.807, 2.05) is 55.4 Å². The van der Waals surface area contributed by atoms with Gasteiger partial charge in [0.25, 0.3) is 0 Å². The van der Waals surface area contributed by atoms with Gasteiger partial charge in [-0.15, -0.1) is 0 Å². The number of ether oxygens (including phenoxy) is 1. The monoisotopic (exact) mass is 359 g/mol. The molecule has 2 aromatic carbocycles. The number of halogens is 1. The summed E-state index contributed by atoms with van der Waals surface area (Å²) in [5, 5.41) is 0. The van der Waals surface area contributed by atoms with Crippen LogP contribution in [-0.2, 0) is 6.61 Å². The lowest BCUT2D eigenvalue weighted by atomic mass is 10.1. The van der Waals surface area contributed by atoms with Crippen LogP contribution in [0, 0.1) is 0 Å². The summed E-state index contributed by atoms with van der Waals surface area (Å²) in [6.07, 6.45) is 3.28. The third kappa shape index (κ3) is 4.74. The molecule has 0 radical (unpaired) electrons. The first-order valence-electron chi connectivity index (χ1n) is 6.91. The van der Waals surface area contributed by atoms with Crippen LogP contribution in [0.25, 0.3) is 0 Å². The van der Waals surface area contributed by atoms with Crippen LogP contribution < -0.4 is 4.74 Å². The molecule has 2 rings (SSSR count). The highest BCUT2D eigenvalue weighted by atomic mass is 79.9. The molecule has 3 nitrogen and oxygen atoms in total. The zero-order valence-electron chi connectivity index (χ0n) is 12.6. The van der Waals surface area contributed by atoms with Crippen molar-refractivity contribution in [3.8, 4) is 5.75 Å². The van der Waals surface area contributed by atoms with Crippen molar-refractivity contribution in [3.05, 3.63) is 76.4 Å². The Balaban J connectivity index is 2.05. The van der Waals surface area contributed by atoms with Crippen molar-refractivity contribution in [1.29, 1.82) is 0 Å².